The number of hydrogen-bond acceptors (Lipinski definition) is 5. The van der Waals surface area contributed by atoms with Crippen LogP contribution in [0.1, 0.15) is 22.4 Å². The predicted molar refractivity (Wildman–Crippen MR) is 108 cm³/mol. The first kappa shape index (κ1) is 18.9. The Balaban J connectivity index is 1.50. The largest absolute Gasteiger partial charge is 0.495 e. The Morgan fingerprint density at radius 2 is 1.90 bits per heavy atom. The average Bonchev–Trinajstić information content (AvgIpc) is 3.16. The summed E-state index contributed by atoms with van der Waals surface area (Å²) in [6.07, 6.45) is 6.88. The summed E-state index contributed by atoms with van der Waals surface area (Å²) in [5.41, 5.74) is 3.90. The minimum Gasteiger partial charge on any atom is -0.495 e. The second-order valence-corrected chi connectivity index (χ2v) is 6.69. The molecule has 0 aliphatic heterocycles. The second kappa shape index (κ2) is 8.26. The molecule has 0 atom stereocenters. The number of pyridine rings is 3. The molecule has 0 aromatic carbocycles. The highest BCUT2D eigenvalue weighted by Gasteiger charge is 2.12. The van der Waals surface area contributed by atoms with E-state index < -0.39 is 5.95 Å². The number of halogens is 1. The van der Waals surface area contributed by atoms with Crippen LogP contribution in [-0.2, 0) is 19.3 Å². The molecule has 0 saturated heterocycles. The second-order valence-electron chi connectivity index (χ2n) is 6.69. The molecule has 4 aromatic rings. The molecule has 0 amide bonds. The molecular formula is C22H21FN4O2. The van der Waals surface area contributed by atoms with Crippen molar-refractivity contribution in [3.05, 3.63) is 77.3 Å². The summed E-state index contributed by atoms with van der Waals surface area (Å²) >= 11 is 0. The maximum absolute atomic E-state index is 14.7. The zero-order valence-electron chi connectivity index (χ0n) is 16.3. The van der Waals surface area contributed by atoms with Crippen LogP contribution >= 0.6 is 0 Å². The van der Waals surface area contributed by atoms with Crippen LogP contribution < -0.4 is 9.47 Å². The molecule has 0 bridgehead atoms. The van der Waals surface area contributed by atoms with Gasteiger partial charge in [0.1, 0.15) is 11.4 Å². The summed E-state index contributed by atoms with van der Waals surface area (Å²) in [4.78, 5) is 15.8. The molecule has 0 spiro atoms. The Bertz CT molecular complexity index is 1140. The van der Waals surface area contributed by atoms with E-state index in [1.165, 1.54) is 0 Å². The number of aromatic nitrogens is 4. The quantitative estimate of drug-likeness (QED) is 0.483. The van der Waals surface area contributed by atoms with E-state index in [1.54, 1.807) is 32.7 Å². The van der Waals surface area contributed by atoms with Crippen LogP contribution in [0, 0.1) is 5.95 Å². The van der Waals surface area contributed by atoms with Gasteiger partial charge >= 0.3 is 0 Å². The molecule has 0 aliphatic carbocycles. The van der Waals surface area contributed by atoms with Crippen LogP contribution in [0.4, 0.5) is 4.39 Å². The monoisotopic (exact) mass is 392 g/mol. The lowest BCUT2D eigenvalue weighted by molar-refractivity contribution is 0.392. The van der Waals surface area contributed by atoms with Gasteiger partial charge in [-0.2, -0.15) is 4.39 Å². The van der Waals surface area contributed by atoms with E-state index in [0.29, 0.717) is 42.1 Å². The third-order valence-corrected chi connectivity index (χ3v) is 4.89. The Kier molecular flexibility index (Phi) is 5.37. The SMILES string of the molecule is COc1cnc2[nH]cc(Cc3ccc(CCc4cccnc4OC)nc3F)c2c1. The highest BCUT2D eigenvalue weighted by atomic mass is 19.1. The van der Waals surface area contributed by atoms with E-state index in [1.807, 2.05) is 30.5 Å². The standard InChI is InChI=1S/C22H21FN4O2/c1-28-18-11-19-16(12-25-21(19)26-13-18)10-15-6-8-17(27-20(15)23)7-5-14-4-3-9-24-22(14)29-2/h3-4,6,8-9,11-13H,5,7,10H2,1-2H3,(H,25,26). The van der Waals surface area contributed by atoms with Crippen LogP contribution in [-0.4, -0.2) is 34.2 Å². The summed E-state index contributed by atoms with van der Waals surface area (Å²) in [6.45, 7) is 0. The normalized spacial score (nSPS) is 11.0. The molecule has 7 heteroatoms. The van der Waals surface area contributed by atoms with E-state index >= 15 is 0 Å². The molecule has 1 N–H and O–H groups in total. The van der Waals surface area contributed by atoms with Gasteiger partial charge in [0.15, 0.2) is 0 Å². The number of hydrogen-bond donors (Lipinski definition) is 1. The zero-order chi connectivity index (χ0) is 20.2. The van der Waals surface area contributed by atoms with Gasteiger partial charge in [-0.25, -0.2) is 15.0 Å². The summed E-state index contributed by atoms with van der Waals surface area (Å²) < 4.78 is 25.2. The fourth-order valence-corrected chi connectivity index (χ4v) is 3.33. The Morgan fingerprint density at radius 3 is 2.69 bits per heavy atom. The van der Waals surface area contributed by atoms with Gasteiger partial charge in [0.2, 0.25) is 11.8 Å². The fourth-order valence-electron chi connectivity index (χ4n) is 3.33. The first-order chi connectivity index (χ1) is 14.2. The first-order valence-corrected chi connectivity index (χ1v) is 9.30. The third-order valence-electron chi connectivity index (χ3n) is 4.89. The van der Waals surface area contributed by atoms with Gasteiger partial charge in [-0.1, -0.05) is 12.1 Å². The smallest absolute Gasteiger partial charge is 0.216 e. The molecule has 0 aliphatic rings. The van der Waals surface area contributed by atoms with Crippen molar-refractivity contribution in [2.24, 2.45) is 0 Å². The van der Waals surface area contributed by atoms with Gasteiger partial charge in [-0.15, -0.1) is 0 Å². The molecule has 4 aromatic heterocycles. The van der Waals surface area contributed by atoms with Crippen molar-refractivity contribution in [1.82, 2.24) is 19.9 Å². The van der Waals surface area contributed by atoms with E-state index in [9.17, 15) is 4.39 Å². The van der Waals surface area contributed by atoms with Gasteiger partial charge in [0.25, 0.3) is 0 Å². The molecule has 29 heavy (non-hydrogen) atoms. The van der Waals surface area contributed by atoms with Crippen molar-refractivity contribution in [3.63, 3.8) is 0 Å². The molecule has 0 radical (unpaired) electrons. The highest BCUT2D eigenvalue weighted by molar-refractivity contribution is 5.81. The number of methoxy groups -OCH3 is 2. The minimum atomic E-state index is -0.453. The topological polar surface area (TPSA) is 72.9 Å². The maximum atomic E-state index is 14.7. The molecule has 0 saturated carbocycles. The predicted octanol–water partition coefficient (Wildman–Crippen LogP) is 3.89. The van der Waals surface area contributed by atoms with Crippen LogP contribution in [0.3, 0.4) is 0 Å². The number of H-pyrrole nitrogens is 1. The Labute approximate surface area is 167 Å². The van der Waals surface area contributed by atoms with Crippen molar-refractivity contribution >= 4 is 11.0 Å². The lowest BCUT2D eigenvalue weighted by atomic mass is 10.0. The van der Waals surface area contributed by atoms with Crippen molar-refractivity contribution in [2.75, 3.05) is 14.2 Å². The number of ether oxygens (including phenoxy) is 2. The highest BCUT2D eigenvalue weighted by Crippen LogP contribution is 2.24. The maximum Gasteiger partial charge on any atom is 0.216 e. The van der Waals surface area contributed by atoms with E-state index in [0.717, 1.165) is 22.2 Å². The lowest BCUT2D eigenvalue weighted by Gasteiger charge is -2.08. The molecular weight excluding hydrogens is 371 g/mol. The molecule has 6 nitrogen and oxygen atoms in total. The van der Waals surface area contributed by atoms with Crippen molar-refractivity contribution in [1.29, 1.82) is 0 Å². The van der Waals surface area contributed by atoms with Crippen molar-refractivity contribution in [2.45, 2.75) is 19.3 Å². The van der Waals surface area contributed by atoms with Gasteiger partial charge in [0.05, 0.1) is 20.4 Å². The molecule has 148 valence electrons. The van der Waals surface area contributed by atoms with Crippen LogP contribution in [0.2, 0.25) is 0 Å². The summed E-state index contributed by atoms with van der Waals surface area (Å²) in [7, 11) is 3.19. The summed E-state index contributed by atoms with van der Waals surface area (Å²) in [5, 5.41) is 0.913. The zero-order valence-corrected chi connectivity index (χ0v) is 16.3. The average molecular weight is 392 g/mol. The van der Waals surface area contributed by atoms with E-state index in [-0.39, 0.29) is 0 Å². The first-order valence-electron chi connectivity index (χ1n) is 9.30. The molecule has 0 unspecified atom stereocenters. The van der Waals surface area contributed by atoms with E-state index in [4.69, 9.17) is 9.47 Å². The summed E-state index contributed by atoms with van der Waals surface area (Å²) in [5.74, 6) is 0.803. The van der Waals surface area contributed by atoms with Crippen LogP contribution in [0.5, 0.6) is 11.6 Å². The Morgan fingerprint density at radius 1 is 1.00 bits per heavy atom. The number of aryl methyl sites for hydroxylation is 2. The van der Waals surface area contributed by atoms with Crippen molar-refractivity contribution in [3.8, 4) is 11.6 Å². The molecule has 4 rings (SSSR count). The number of rotatable bonds is 7. The molecule has 4 heterocycles. The summed E-state index contributed by atoms with van der Waals surface area (Å²) in [6, 6.07) is 9.38. The fraction of sp³-hybridized carbons (Fsp3) is 0.227. The van der Waals surface area contributed by atoms with Crippen molar-refractivity contribution < 1.29 is 13.9 Å². The number of nitrogens with one attached hydrogen (secondary N) is 1. The lowest BCUT2D eigenvalue weighted by Crippen LogP contribution is -2.02. The van der Waals surface area contributed by atoms with Gasteiger partial charge in [-0.05, 0) is 36.6 Å². The van der Waals surface area contributed by atoms with Gasteiger partial charge in [-0.3, -0.25) is 0 Å². The number of nitrogens with zero attached hydrogens (tertiary/aromatic N) is 3. The molecule has 0 fully saturated rings. The van der Waals surface area contributed by atoms with E-state index in [2.05, 4.69) is 19.9 Å². The minimum absolute atomic E-state index is 0.421. The van der Waals surface area contributed by atoms with Crippen LogP contribution in [0.15, 0.2) is 48.9 Å². The Hall–Kier alpha value is -3.48. The number of aromatic amines is 1. The van der Waals surface area contributed by atoms with Crippen LogP contribution in [0.25, 0.3) is 11.0 Å². The van der Waals surface area contributed by atoms with Gasteiger partial charge < -0.3 is 14.5 Å². The van der Waals surface area contributed by atoms with Gasteiger partial charge in [0, 0.05) is 41.0 Å². The number of fused-ring (bicyclic) bond motifs is 1. The third kappa shape index (κ3) is 4.03.